The first-order valence-corrected chi connectivity index (χ1v) is 7.75. The number of aromatic nitrogens is 2. The number of hydrogen-bond acceptors (Lipinski definition) is 2. The number of pyridine rings is 1. The van der Waals surface area contributed by atoms with Crippen LogP contribution in [-0.2, 0) is 13.0 Å². The van der Waals surface area contributed by atoms with Gasteiger partial charge in [-0.25, -0.2) is 0 Å². The number of nitrogens with zero attached hydrogens (tertiary/aromatic N) is 1. The van der Waals surface area contributed by atoms with E-state index in [1.54, 1.807) is 0 Å². The standard InChI is InChI=1S/C19H19N3/c1-13-5-6-14(11-21-13)7-8-15-3-2-4-16-17-12-20-10-9-18(17)22-19(15)16/h2-8,11,20,22H,9-10,12H2,1H3. The van der Waals surface area contributed by atoms with Gasteiger partial charge in [-0.15, -0.1) is 0 Å². The monoisotopic (exact) mass is 289 g/mol. The molecular formula is C19H19N3. The van der Waals surface area contributed by atoms with Crippen LogP contribution in [-0.4, -0.2) is 16.5 Å². The van der Waals surface area contributed by atoms with Crippen LogP contribution in [0.4, 0.5) is 0 Å². The summed E-state index contributed by atoms with van der Waals surface area (Å²) in [5.41, 5.74) is 7.45. The molecule has 2 aromatic heterocycles. The zero-order chi connectivity index (χ0) is 14.9. The van der Waals surface area contributed by atoms with E-state index in [4.69, 9.17) is 0 Å². The van der Waals surface area contributed by atoms with Crippen molar-refractivity contribution in [2.45, 2.75) is 19.9 Å². The number of benzene rings is 1. The lowest BCUT2D eigenvalue weighted by molar-refractivity contribution is 0.641. The van der Waals surface area contributed by atoms with Gasteiger partial charge in [0.25, 0.3) is 0 Å². The molecule has 0 bridgehead atoms. The van der Waals surface area contributed by atoms with Crippen molar-refractivity contribution >= 4 is 23.1 Å². The fourth-order valence-corrected chi connectivity index (χ4v) is 3.09. The first-order valence-electron chi connectivity index (χ1n) is 7.75. The van der Waals surface area contributed by atoms with E-state index < -0.39 is 0 Å². The normalized spacial score (nSPS) is 14.6. The zero-order valence-electron chi connectivity index (χ0n) is 12.7. The van der Waals surface area contributed by atoms with Crippen molar-refractivity contribution in [1.82, 2.24) is 15.3 Å². The van der Waals surface area contributed by atoms with E-state index in [0.29, 0.717) is 0 Å². The molecule has 0 atom stereocenters. The highest BCUT2D eigenvalue weighted by molar-refractivity contribution is 5.93. The maximum atomic E-state index is 4.34. The molecule has 3 nitrogen and oxygen atoms in total. The minimum atomic E-state index is 0.963. The maximum Gasteiger partial charge on any atom is 0.0533 e. The number of hydrogen-bond donors (Lipinski definition) is 2. The van der Waals surface area contributed by atoms with Crippen LogP contribution < -0.4 is 5.32 Å². The Hall–Kier alpha value is -2.39. The third-order valence-corrected chi connectivity index (χ3v) is 4.31. The van der Waals surface area contributed by atoms with E-state index >= 15 is 0 Å². The molecule has 22 heavy (non-hydrogen) atoms. The molecule has 110 valence electrons. The van der Waals surface area contributed by atoms with E-state index in [1.807, 2.05) is 19.2 Å². The molecule has 0 saturated heterocycles. The molecule has 0 saturated carbocycles. The highest BCUT2D eigenvalue weighted by atomic mass is 14.9. The topological polar surface area (TPSA) is 40.7 Å². The van der Waals surface area contributed by atoms with Crippen LogP contribution in [0.1, 0.15) is 28.1 Å². The molecule has 1 aliphatic heterocycles. The molecule has 3 heterocycles. The number of nitrogens with one attached hydrogen (secondary N) is 2. The lowest BCUT2D eigenvalue weighted by atomic mass is 10.0. The maximum absolute atomic E-state index is 4.34. The van der Waals surface area contributed by atoms with Gasteiger partial charge in [-0.1, -0.05) is 36.4 Å². The van der Waals surface area contributed by atoms with Crippen molar-refractivity contribution in [2.24, 2.45) is 0 Å². The average molecular weight is 289 g/mol. The van der Waals surface area contributed by atoms with Crippen molar-refractivity contribution in [3.05, 3.63) is 64.6 Å². The molecule has 0 amide bonds. The summed E-state index contributed by atoms with van der Waals surface area (Å²) in [4.78, 5) is 7.96. The van der Waals surface area contributed by atoms with Gasteiger partial charge < -0.3 is 10.3 Å². The van der Waals surface area contributed by atoms with Crippen molar-refractivity contribution < 1.29 is 0 Å². The first-order chi connectivity index (χ1) is 10.8. The predicted octanol–water partition coefficient (Wildman–Crippen LogP) is 3.69. The third-order valence-electron chi connectivity index (χ3n) is 4.31. The van der Waals surface area contributed by atoms with E-state index in [-0.39, 0.29) is 0 Å². The van der Waals surface area contributed by atoms with E-state index in [2.05, 4.69) is 51.7 Å². The number of aryl methyl sites for hydroxylation is 1. The Kier molecular flexibility index (Phi) is 3.28. The molecule has 0 unspecified atom stereocenters. The molecule has 3 heteroatoms. The Balaban J connectivity index is 1.75. The van der Waals surface area contributed by atoms with Crippen LogP contribution in [0.3, 0.4) is 0 Å². The van der Waals surface area contributed by atoms with Gasteiger partial charge in [-0.2, -0.15) is 0 Å². The molecule has 0 spiro atoms. The van der Waals surface area contributed by atoms with Crippen LogP contribution in [0, 0.1) is 6.92 Å². The summed E-state index contributed by atoms with van der Waals surface area (Å²) in [7, 11) is 0. The highest BCUT2D eigenvalue weighted by Crippen LogP contribution is 2.28. The Bertz CT molecular complexity index is 841. The van der Waals surface area contributed by atoms with E-state index in [1.165, 1.54) is 27.7 Å². The van der Waals surface area contributed by atoms with Gasteiger partial charge in [-0.05, 0) is 29.7 Å². The van der Waals surface area contributed by atoms with Gasteiger partial charge in [0.05, 0.1) is 5.52 Å². The second-order valence-electron chi connectivity index (χ2n) is 5.84. The van der Waals surface area contributed by atoms with Crippen LogP contribution >= 0.6 is 0 Å². The van der Waals surface area contributed by atoms with Gasteiger partial charge in [0.1, 0.15) is 0 Å². The Morgan fingerprint density at radius 2 is 2.09 bits per heavy atom. The summed E-state index contributed by atoms with van der Waals surface area (Å²) in [6.45, 7) is 4.02. The number of rotatable bonds is 2. The summed E-state index contributed by atoms with van der Waals surface area (Å²) in [6, 6.07) is 10.7. The van der Waals surface area contributed by atoms with Crippen molar-refractivity contribution in [3.8, 4) is 0 Å². The molecule has 2 N–H and O–H groups in total. The summed E-state index contributed by atoms with van der Waals surface area (Å²) in [6.07, 6.45) is 7.29. The van der Waals surface area contributed by atoms with Crippen molar-refractivity contribution in [1.29, 1.82) is 0 Å². The Labute approximate surface area is 130 Å². The Morgan fingerprint density at radius 1 is 1.14 bits per heavy atom. The summed E-state index contributed by atoms with van der Waals surface area (Å²) >= 11 is 0. The minimum absolute atomic E-state index is 0.963. The lowest BCUT2D eigenvalue weighted by Crippen LogP contribution is -2.22. The molecule has 3 aromatic rings. The lowest BCUT2D eigenvalue weighted by Gasteiger charge is -2.12. The number of para-hydroxylation sites is 1. The molecule has 0 aliphatic carbocycles. The fourth-order valence-electron chi connectivity index (χ4n) is 3.09. The van der Waals surface area contributed by atoms with Gasteiger partial charge in [0, 0.05) is 42.5 Å². The predicted molar refractivity (Wildman–Crippen MR) is 91.6 cm³/mol. The molecule has 0 fully saturated rings. The SMILES string of the molecule is Cc1ccc(C=Cc2cccc3c4c([nH]c23)CCNC4)cn1. The smallest absolute Gasteiger partial charge is 0.0533 e. The van der Waals surface area contributed by atoms with E-state index in [9.17, 15) is 0 Å². The van der Waals surface area contributed by atoms with Gasteiger partial charge in [0.15, 0.2) is 0 Å². The Morgan fingerprint density at radius 3 is 2.95 bits per heavy atom. The van der Waals surface area contributed by atoms with Crippen molar-refractivity contribution in [2.75, 3.05) is 6.54 Å². The van der Waals surface area contributed by atoms with Gasteiger partial charge in [0.2, 0.25) is 0 Å². The largest absolute Gasteiger partial charge is 0.358 e. The number of aromatic amines is 1. The summed E-state index contributed by atoms with van der Waals surface area (Å²) in [5, 5.41) is 4.79. The molecule has 4 rings (SSSR count). The van der Waals surface area contributed by atoms with Crippen LogP contribution in [0.15, 0.2) is 36.5 Å². The fraction of sp³-hybridized carbons (Fsp3) is 0.211. The van der Waals surface area contributed by atoms with Crippen LogP contribution in [0.5, 0.6) is 0 Å². The molecule has 1 aromatic carbocycles. The van der Waals surface area contributed by atoms with Gasteiger partial charge in [-0.3, -0.25) is 4.98 Å². The molecule has 1 aliphatic rings. The molecular weight excluding hydrogens is 270 g/mol. The quantitative estimate of drug-likeness (QED) is 0.755. The average Bonchev–Trinajstić information content (AvgIpc) is 2.94. The third kappa shape index (κ3) is 2.34. The summed E-state index contributed by atoms with van der Waals surface area (Å²) < 4.78 is 0. The zero-order valence-corrected chi connectivity index (χ0v) is 12.7. The summed E-state index contributed by atoms with van der Waals surface area (Å²) in [5.74, 6) is 0. The molecule has 0 radical (unpaired) electrons. The van der Waals surface area contributed by atoms with Crippen LogP contribution in [0.25, 0.3) is 23.1 Å². The number of H-pyrrole nitrogens is 1. The van der Waals surface area contributed by atoms with Crippen molar-refractivity contribution in [3.63, 3.8) is 0 Å². The second-order valence-corrected chi connectivity index (χ2v) is 5.84. The highest BCUT2D eigenvalue weighted by Gasteiger charge is 2.15. The van der Waals surface area contributed by atoms with Crippen LogP contribution in [0.2, 0.25) is 0 Å². The van der Waals surface area contributed by atoms with E-state index in [0.717, 1.165) is 30.8 Å². The minimum Gasteiger partial charge on any atom is -0.358 e. The van der Waals surface area contributed by atoms with Gasteiger partial charge >= 0.3 is 0 Å². The second kappa shape index (κ2) is 5.43. The first kappa shape index (κ1) is 13.3. The number of fused-ring (bicyclic) bond motifs is 3.